The van der Waals surface area contributed by atoms with E-state index in [-0.39, 0.29) is 0 Å². The minimum Gasteiger partial charge on any atom is -0.166 e. The van der Waals surface area contributed by atoms with E-state index in [1.807, 2.05) is 20.8 Å². The number of hydrogen-bond acceptors (Lipinski definition) is 0. The highest BCUT2D eigenvalue weighted by molar-refractivity contribution is 6.30. The fourth-order valence-corrected chi connectivity index (χ4v) is 4.50. The van der Waals surface area contributed by atoms with Crippen LogP contribution in [0.2, 0.25) is 5.02 Å². The molecule has 0 aromatic heterocycles. The van der Waals surface area contributed by atoms with Gasteiger partial charge < -0.3 is 0 Å². The molecule has 2 aromatic carbocycles. The molecular weight excluding hydrogens is 393 g/mol. The van der Waals surface area contributed by atoms with Crippen molar-refractivity contribution in [1.82, 2.24) is 0 Å². The highest BCUT2D eigenvalue weighted by Gasteiger charge is 2.39. The molecule has 0 aliphatic carbocycles. The monoisotopic (exact) mass is 424 g/mol. The van der Waals surface area contributed by atoms with Crippen LogP contribution in [0.15, 0.2) is 24.3 Å². The van der Waals surface area contributed by atoms with Gasteiger partial charge in [-0.05, 0) is 71.2 Å². The normalized spacial score (nSPS) is 11.9. The summed E-state index contributed by atoms with van der Waals surface area (Å²) in [5, 5.41) is 0.532. The Kier molecular flexibility index (Phi) is 8.63. The Balaban J connectivity index is 3.05. The van der Waals surface area contributed by atoms with Crippen molar-refractivity contribution in [1.29, 1.82) is 0 Å². The molecule has 0 radical (unpaired) electrons. The molecule has 0 atom stereocenters. The molecule has 0 aliphatic heterocycles. The number of halogens is 4. The van der Waals surface area contributed by atoms with Crippen molar-refractivity contribution in [2.45, 2.75) is 85.2 Å². The van der Waals surface area contributed by atoms with Gasteiger partial charge in [0.05, 0.1) is 5.56 Å². The number of rotatable bonds is 9. The van der Waals surface area contributed by atoms with Gasteiger partial charge in [0.2, 0.25) is 0 Å². The molecule has 0 aliphatic rings. The average molecular weight is 425 g/mol. The predicted molar refractivity (Wildman–Crippen MR) is 118 cm³/mol. The van der Waals surface area contributed by atoms with E-state index >= 15 is 0 Å². The van der Waals surface area contributed by atoms with E-state index in [9.17, 15) is 13.2 Å². The maximum Gasteiger partial charge on any atom is 0.417 e. The van der Waals surface area contributed by atoms with Crippen molar-refractivity contribution >= 4 is 11.6 Å². The van der Waals surface area contributed by atoms with E-state index in [1.165, 1.54) is 0 Å². The lowest BCUT2D eigenvalue weighted by Gasteiger charge is -2.28. The molecule has 0 saturated carbocycles. The van der Waals surface area contributed by atoms with Crippen molar-refractivity contribution in [3.8, 4) is 11.1 Å². The highest BCUT2D eigenvalue weighted by atomic mass is 35.5. The molecule has 0 fully saturated rings. The quantitative estimate of drug-likeness (QED) is 0.377. The third-order valence-electron chi connectivity index (χ3n) is 5.36. The van der Waals surface area contributed by atoms with Gasteiger partial charge in [0.1, 0.15) is 0 Å². The van der Waals surface area contributed by atoms with Gasteiger partial charge in [-0.1, -0.05) is 77.1 Å². The molecule has 0 unspecified atom stereocenters. The molecular formula is C25H32ClF3. The Morgan fingerprint density at radius 3 is 1.52 bits per heavy atom. The van der Waals surface area contributed by atoms with Crippen LogP contribution in [0.1, 0.15) is 81.2 Å². The summed E-state index contributed by atoms with van der Waals surface area (Å²) in [6.07, 6.45) is 1.50. The Morgan fingerprint density at radius 2 is 1.07 bits per heavy atom. The standard InChI is InChI=1S/C25H32ClF3/c1-5-9-19-20(10-6-2)22(12-8-4)24(25(27,28)29)23(21(19)11-7-3)17-13-15-18(26)16-14-17/h13-16H,5-12H2,1-4H3. The average Bonchev–Trinajstić information content (AvgIpc) is 2.66. The fraction of sp³-hybridized carbons (Fsp3) is 0.520. The predicted octanol–water partition coefficient (Wildman–Crippen LogP) is 8.84. The molecule has 0 bridgehead atoms. The zero-order chi connectivity index (χ0) is 21.6. The smallest absolute Gasteiger partial charge is 0.166 e. The minimum absolute atomic E-state index is 0.378. The minimum atomic E-state index is -4.39. The van der Waals surface area contributed by atoms with Crippen LogP contribution in [0.5, 0.6) is 0 Å². The second kappa shape index (κ2) is 10.5. The lowest BCUT2D eigenvalue weighted by atomic mass is 9.78. The second-order valence-corrected chi connectivity index (χ2v) is 8.11. The molecule has 0 amide bonds. The van der Waals surface area contributed by atoms with E-state index in [0.717, 1.165) is 42.4 Å². The largest absolute Gasteiger partial charge is 0.417 e. The Labute approximate surface area is 178 Å². The summed E-state index contributed by atoms with van der Waals surface area (Å²) in [6, 6.07) is 6.84. The van der Waals surface area contributed by atoms with Gasteiger partial charge in [0.15, 0.2) is 0 Å². The van der Waals surface area contributed by atoms with Gasteiger partial charge in [-0.15, -0.1) is 0 Å². The van der Waals surface area contributed by atoms with Crippen molar-refractivity contribution < 1.29 is 13.2 Å². The zero-order valence-electron chi connectivity index (χ0n) is 18.0. The maximum atomic E-state index is 14.5. The molecule has 0 nitrogen and oxygen atoms in total. The second-order valence-electron chi connectivity index (χ2n) is 7.67. The first-order valence-electron chi connectivity index (χ1n) is 10.8. The van der Waals surface area contributed by atoms with Crippen LogP contribution in [0.3, 0.4) is 0 Å². The summed E-state index contributed by atoms with van der Waals surface area (Å²) in [5.74, 6) is 0. The Hall–Kier alpha value is -1.48. The molecule has 2 aromatic rings. The van der Waals surface area contributed by atoms with E-state index in [2.05, 4.69) is 6.92 Å². The van der Waals surface area contributed by atoms with Crippen molar-refractivity contribution in [3.05, 3.63) is 57.1 Å². The van der Waals surface area contributed by atoms with Crippen LogP contribution in [0, 0.1) is 0 Å². The van der Waals surface area contributed by atoms with Gasteiger partial charge in [-0.25, -0.2) is 0 Å². The molecule has 4 heteroatoms. The summed E-state index contributed by atoms with van der Waals surface area (Å²) in [7, 11) is 0. The van der Waals surface area contributed by atoms with Crippen molar-refractivity contribution in [3.63, 3.8) is 0 Å². The topological polar surface area (TPSA) is 0 Å². The van der Waals surface area contributed by atoms with E-state index in [0.29, 0.717) is 47.4 Å². The third kappa shape index (κ3) is 5.36. The molecule has 0 N–H and O–H groups in total. The van der Waals surface area contributed by atoms with E-state index < -0.39 is 11.7 Å². The summed E-state index contributed by atoms with van der Waals surface area (Å²) in [5.41, 5.74) is 4.06. The van der Waals surface area contributed by atoms with Gasteiger partial charge in [0.25, 0.3) is 0 Å². The molecule has 0 saturated heterocycles. The SMILES string of the molecule is CCCc1c(CCC)c(CCC)c(C(F)(F)F)c(-c2ccc(Cl)cc2)c1CCC. The Morgan fingerprint density at radius 1 is 0.655 bits per heavy atom. The molecule has 160 valence electrons. The first-order valence-corrected chi connectivity index (χ1v) is 11.2. The van der Waals surface area contributed by atoms with Crippen LogP contribution in [-0.2, 0) is 31.9 Å². The van der Waals surface area contributed by atoms with Crippen LogP contribution in [0.4, 0.5) is 13.2 Å². The molecule has 2 rings (SSSR count). The van der Waals surface area contributed by atoms with Crippen molar-refractivity contribution in [2.75, 3.05) is 0 Å². The number of hydrogen-bond donors (Lipinski definition) is 0. The van der Waals surface area contributed by atoms with Crippen LogP contribution in [0.25, 0.3) is 11.1 Å². The van der Waals surface area contributed by atoms with E-state index in [4.69, 9.17) is 11.6 Å². The van der Waals surface area contributed by atoms with Gasteiger partial charge in [-0.3, -0.25) is 0 Å². The zero-order valence-corrected chi connectivity index (χ0v) is 18.7. The summed E-state index contributed by atoms with van der Waals surface area (Å²) in [4.78, 5) is 0. The highest BCUT2D eigenvalue weighted by Crippen LogP contribution is 2.46. The lowest BCUT2D eigenvalue weighted by molar-refractivity contribution is -0.137. The van der Waals surface area contributed by atoms with Crippen molar-refractivity contribution in [2.24, 2.45) is 0 Å². The first-order chi connectivity index (χ1) is 13.8. The summed E-state index contributed by atoms with van der Waals surface area (Å²) >= 11 is 6.04. The molecule has 29 heavy (non-hydrogen) atoms. The molecule has 0 heterocycles. The fourth-order valence-electron chi connectivity index (χ4n) is 4.37. The first kappa shape index (κ1) is 23.8. The van der Waals surface area contributed by atoms with Gasteiger partial charge in [-0.2, -0.15) is 13.2 Å². The maximum absolute atomic E-state index is 14.5. The van der Waals surface area contributed by atoms with Gasteiger partial charge in [0, 0.05) is 5.02 Å². The Bertz CT molecular complexity index is 805. The molecule has 0 spiro atoms. The van der Waals surface area contributed by atoms with E-state index in [1.54, 1.807) is 24.3 Å². The van der Waals surface area contributed by atoms with Crippen LogP contribution < -0.4 is 0 Å². The van der Waals surface area contributed by atoms with Crippen LogP contribution in [-0.4, -0.2) is 0 Å². The van der Waals surface area contributed by atoms with Gasteiger partial charge >= 0.3 is 6.18 Å². The van der Waals surface area contributed by atoms with Crippen LogP contribution >= 0.6 is 11.6 Å². The third-order valence-corrected chi connectivity index (χ3v) is 5.61. The summed E-state index contributed by atoms with van der Waals surface area (Å²) < 4.78 is 43.6. The number of alkyl halides is 3. The lowest BCUT2D eigenvalue weighted by Crippen LogP contribution is -2.18. The summed E-state index contributed by atoms with van der Waals surface area (Å²) in [6.45, 7) is 8.14. The number of benzene rings is 2.